The quantitative estimate of drug-likeness (QED) is 0.762. The van der Waals surface area contributed by atoms with E-state index in [4.69, 9.17) is 4.74 Å². The van der Waals surface area contributed by atoms with Crippen LogP contribution in [0.5, 0.6) is 0 Å². The van der Waals surface area contributed by atoms with E-state index in [1.165, 1.54) is 0 Å². The molecule has 0 saturated heterocycles. The molecule has 23 heavy (non-hydrogen) atoms. The lowest BCUT2D eigenvalue weighted by Gasteiger charge is -2.04. The van der Waals surface area contributed by atoms with E-state index in [9.17, 15) is 4.79 Å². The minimum atomic E-state index is -0.0363. The van der Waals surface area contributed by atoms with Gasteiger partial charge in [-0.1, -0.05) is 18.2 Å². The Labute approximate surface area is 134 Å². The number of rotatable bonds is 6. The van der Waals surface area contributed by atoms with Crippen LogP contribution in [0.25, 0.3) is 10.9 Å². The van der Waals surface area contributed by atoms with Gasteiger partial charge >= 0.3 is 0 Å². The lowest BCUT2D eigenvalue weighted by molar-refractivity contribution is -0.115. The minimum absolute atomic E-state index is 0.0363. The third kappa shape index (κ3) is 3.57. The molecule has 0 aliphatic heterocycles. The summed E-state index contributed by atoms with van der Waals surface area (Å²) >= 11 is 0. The number of hydrogen-bond donors (Lipinski definition) is 1. The molecule has 3 aromatic rings. The molecular weight excluding hydrogens is 290 g/mol. The van der Waals surface area contributed by atoms with E-state index < -0.39 is 0 Å². The maximum absolute atomic E-state index is 12.3. The van der Waals surface area contributed by atoms with Gasteiger partial charge in [0.15, 0.2) is 0 Å². The first-order chi connectivity index (χ1) is 11.3. The van der Waals surface area contributed by atoms with Crippen molar-refractivity contribution in [1.82, 2.24) is 9.55 Å². The fourth-order valence-electron chi connectivity index (χ4n) is 2.65. The second kappa shape index (κ2) is 7.07. The molecule has 0 atom stereocenters. The maximum Gasteiger partial charge on any atom is 0.228 e. The zero-order chi connectivity index (χ0) is 16.1. The van der Waals surface area contributed by atoms with Crippen molar-refractivity contribution in [3.63, 3.8) is 0 Å². The number of carbonyl (C=O) groups is 1. The number of aromatic nitrogens is 2. The van der Waals surface area contributed by atoms with Gasteiger partial charge in [0.25, 0.3) is 0 Å². The third-order valence-corrected chi connectivity index (χ3v) is 3.72. The molecule has 2 heterocycles. The zero-order valence-corrected chi connectivity index (χ0v) is 13.0. The first-order valence-corrected chi connectivity index (χ1v) is 7.53. The Morgan fingerprint density at radius 3 is 2.78 bits per heavy atom. The normalized spacial score (nSPS) is 10.8. The molecule has 118 valence electrons. The number of benzene rings is 1. The van der Waals surface area contributed by atoms with Crippen molar-refractivity contribution in [3.05, 3.63) is 60.6 Å². The topological polar surface area (TPSA) is 56.1 Å². The summed E-state index contributed by atoms with van der Waals surface area (Å²) in [6.45, 7) is 1.41. The van der Waals surface area contributed by atoms with Crippen molar-refractivity contribution in [3.8, 4) is 0 Å². The highest BCUT2D eigenvalue weighted by Gasteiger charge is 2.11. The SMILES string of the molecule is COCCn1cc(CC(=O)Nc2ccncc2)c2ccccc21. The summed E-state index contributed by atoms with van der Waals surface area (Å²) in [6.07, 6.45) is 5.69. The monoisotopic (exact) mass is 309 g/mol. The van der Waals surface area contributed by atoms with E-state index >= 15 is 0 Å². The van der Waals surface area contributed by atoms with E-state index in [1.54, 1.807) is 31.6 Å². The van der Waals surface area contributed by atoms with Crippen molar-refractivity contribution < 1.29 is 9.53 Å². The number of amides is 1. The van der Waals surface area contributed by atoms with Crippen LogP contribution >= 0.6 is 0 Å². The van der Waals surface area contributed by atoms with Gasteiger partial charge in [-0.3, -0.25) is 9.78 Å². The van der Waals surface area contributed by atoms with Crippen molar-refractivity contribution in [2.75, 3.05) is 19.0 Å². The first-order valence-electron chi connectivity index (χ1n) is 7.53. The molecule has 0 aliphatic rings. The predicted octanol–water partition coefficient (Wildman–Crippen LogP) is 2.86. The second-order valence-electron chi connectivity index (χ2n) is 5.32. The summed E-state index contributed by atoms with van der Waals surface area (Å²) in [5.41, 5.74) is 2.90. The lowest BCUT2D eigenvalue weighted by atomic mass is 10.1. The molecule has 0 bridgehead atoms. The Kier molecular flexibility index (Phi) is 4.68. The molecule has 0 spiro atoms. The molecule has 0 unspecified atom stereocenters. The number of para-hydroxylation sites is 1. The van der Waals surface area contributed by atoms with E-state index in [-0.39, 0.29) is 5.91 Å². The number of anilines is 1. The summed E-state index contributed by atoms with van der Waals surface area (Å²) in [6, 6.07) is 11.7. The summed E-state index contributed by atoms with van der Waals surface area (Å²) < 4.78 is 7.29. The lowest BCUT2D eigenvalue weighted by Crippen LogP contribution is -2.14. The average molecular weight is 309 g/mol. The number of methoxy groups -OCH3 is 1. The van der Waals surface area contributed by atoms with Crippen LogP contribution in [0, 0.1) is 0 Å². The van der Waals surface area contributed by atoms with Crippen LogP contribution in [0.2, 0.25) is 0 Å². The number of nitrogens with zero attached hydrogens (tertiary/aromatic N) is 2. The van der Waals surface area contributed by atoms with Gasteiger partial charge in [0.2, 0.25) is 5.91 Å². The van der Waals surface area contributed by atoms with Crippen LogP contribution in [0.3, 0.4) is 0 Å². The van der Waals surface area contributed by atoms with E-state index in [0.29, 0.717) is 13.0 Å². The Bertz CT molecular complexity index is 796. The van der Waals surface area contributed by atoms with Crippen LogP contribution in [0.4, 0.5) is 5.69 Å². The largest absolute Gasteiger partial charge is 0.383 e. The molecule has 3 rings (SSSR count). The third-order valence-electron chi connectivity index (χ3n) is 3.72. The Balaban J connectivity index is 1.80. The van der Waals surface area contributed by atoms with Crippen molar-refractivity contribution in [2.45, 2.75) is 13.0 Å². The molecule has 2 aromatic heterocycles. The van der Waals surface area contributed by atoms with Gasteiger partial charge < -0.3 is 14.6 Å². The molecular formula is C18H19N3O2. The highest BCUT2D eigenvalue weighted by molar-refractivity contribution is 5.95. The van der Waals surface area contributed by atoms with Crippen LogP contribution < -0.4 is 5.32 Å². The van der Waals surface area contributed by atoms with E-state index in [1.807, 2.05) is 24.4 Å². The summed E-state index contributed by atoms with van der Waals surface area (Å²) in [5.74, 6) is -0.0363. The molecule has 0 fully saturated rings. The summed E-state index contributed by atoms with van der Waals surface area (Å²) in [7, 11) is 1.69. The van der Waals surface area contributed by atoms with E-state index in [0.717, 1.165) is 28.7 Å². The zero-order valence-electron chi connectivity index (χ0n) is 13.0. The van der Waals surface area contributed by atoms with Gasteiger partial charge in [0, 0.05) is 48.8 Å². The van der Waals surface area contributed by atoms with Crippen LogP contribution in [0.15, 0.2) is 55.0 Å². The Morgan fingerprint density at radius 1 is 1.22 bits per heavy atom. The van der Waals surface area contributed by atoms with Gasteiger partial charge in [-0.05, 0) is 23.8 Å². The molecule has 0 radical (unpaired) electrons. The van der Waals surface area contributed by atoms with Crippen LogP contribution in [0.1, 0.15) is 5.56 Å². The van der Waals surface area contributed by atoms with Gasteiger partial charge in [-0.25, -0.2) is 0 Å². The summed E-state index contributed by atoms with van der Waals surface area (Å²) in [4.78, 5) is 16.2. The van der Waals surface area contributed by atoms with Crippen LogP contribution in [-0.2, 0) is 22.5 Å². The van der Waals surface area contributed by atoms with Crippen LogP contribution in [-0.4, -0.2) is 29.2 Å². The smallest absolute Gasteiger partial charge is 0.228 e. The number of nitrogens with one attached hydrogen (secondary N) is 1. The van der Waals surface area contributed by atoms with Crippen molar-refractivity contribution >= 4 is 22.5 Å². The van der Waals surface area contributed by atoms with Crippen molar-refractivity contribution in [2.24, 2.45) is 0 Å². The predicted molar refractivity (Wildman–Crippen MR) is 90.4 cm³/mol. The van der Waals surface area contributed by atoms with E-state index in [2.05, 4.69) is 20.9 Å². The average Bonchev–Trinajstić information content (AvgIpc) is 2.92. The molecule has 0 aliphatic carbocycles. The number of hydrogen-bond acceptors (Lipinski definition) is 3. The fraction of sp³-hybridized carbons (Fsp3) is 0.222. The van der Waals surface area contributed by atoms with Gasteiger partial charge in [0.1, 0.15) is 0 Å². The second-order valence-corrected chi connectivity index (χ2v) is 5.32. The molecule has 0 saturated carbocycles. The number of pyridine rings is 1. The van der Waals surface area contributed by atoms with Gasteiger partial charge in [-0.2, -0.15) is 0 Å². The number of carbonyl (C=O) groups excluding carboxylic acids is 1. The molecule has 1 N–H and O–H groups in total. The molecule has 5 nitrogen and oxygen atoms in total. The highest BCUT2D eigenvalue weighted by atomic mass is 16.5. The van der Waals surface area contributed by atoms with Gasteiger partial charge in [-0.15, -0.1) is 0 Å². The number of ether oxygens (including phenoxy) is 1. The summed E-state index contributed by atoms with van der Waals surface area (Å²) in [5, 5.41) is 4.00. The Hall–Kier alpha value is -2.66. The first kappa shape index (κ1) is 15.2. The standard InChI is InChI=1S/C18H19N3O2/c1-23-11-10-21-13-14(16-4-2-3-5-17(16)21)12-18(22)20-15-6-8-19-9-7-15/h2-9,13H,10-12H2,1H3,(H,19,20,22). The minimum Gasteiger partial charge on any atom is -0.383 e. The molecule has 1 aromatic carbocycles. The Morgan fingerprint density at radius 2 is 2.00 bits per heavy atom. The molecule has 1 amide bonds. The fourth-order valence-corrected chi connectivity index (χ4v) is 2.65. The van der Waals surface area contributed by atoms with Crippen molar-refractivity contribution in [1.29, 1.82) is 0 Å². The highest BCUT2D eigenvalue weighted by Crippen LogP contribution is 2.22. The number of fused-ring (bicyclic) bond motifs is 1. The van der Waals surface area contributed by atoms with Gasteiger partial charge in [0.05, 0.1) is 13.0 Å². The molecule has 5 heteroatoms. The maximum atomic E-state index is 12.3.